The van der Waals surface area contributed by atoms with Crippen molar-refractivity contribution in [1.29, 1.82) is 0 Å². The van der Waals surface area contributed by atoms with E-state index >= 15 is 0 Å². The number of aromatic nitrogens is 3. The first-order valence-electron chi connectivity index (χ1n) is 7.89. The van der Waals surface area contributed by atoms with Gasteiger partial charge in [-0.05, 0) is 38.8 Å². The Morgan fingerprint density at radius 2 is 1.86 bits per heavy atom. The molecule has 118 valence electrons. The molecule has 1 aliphatic heterocycles. The predicted octanol–water partition coefficient (Wildman–Crippen LogP) is 1.42. The second-order valence-corrected chi connectivity index (χ2v) is 5.77. The van der Waals surface area contributed by atoms with Crippen molar-refractivity contribution in [3.8, 4) is 0 Å². The number of ether oxygens (including phenoxy) is 1. The van der Waals surface area contributed by atoms with E-state index in [2.05, 4.69) is 39.7 Å². The van der Waals surface area contributed by atoms with E-state index < -0.39 is 0 Å². The van der Waals surface area contributed by atoms with Crippen molar-refractivity contribution in [1.82, 2.24) is 20.5 Å². The van der Waals surface area contributed by atoms with Crippen LogP contribution in [0.2, 0.25) is 0 Å². The number of piperidine rings is 1. The zero-order chi connectivity index (χ0) is 15.1. The molecule has 0 saturated carbocycles. The second kappa shape index (κ2) is 7.66. The van der Waals surface area contributed by atoms with Crippen molar-refractivity contribution in [2.75, 3.05) is 38.7 Å². The highest BCUT2D eigenvalue weighted by Gasteiger charge is 2.32. The van der Waals surface area contributed by atoms with Crippen molar-refractivity contribution in [2.24, 2.45) is 5.41 Å². The zero-order valence-electron chi connectivity index (χ0n) is 13.4. The molecule has 0 atom stereocenters. The molecule has 1 saturated heterocycles. The van der Waals surface area contributed by atoms with Gasteiger partial charge in [0.15, 0.2) is 0 Å². The Hall–Kier alpha value is -1.27. The maximum atomic E-state index is 5.43. The van der Waals surface area contributed by atoms with Crippen LogP contribution in [0, 0.1) is 5.41 Å². The number of hydrogen-bond donors (Lipinski definition) is 2. The zero-order valence-corrected chi connectivity index (χ0v) is 13.4. The van der Waals surface area contributed by atoms with E-state index in [0.29, 0.717) is 5.95 Å². The summed E-state index contributed by atoms with van der Waals surface area (Å²) in [5.74, 6) is 0.637. The van der Waals surface area contributed by atoms with Crippen LogP contribution in [-0.4, -0.2) is 48.5 Å². The topological polar surface area (TPSA) is 72.0 Å². The normalized spacial score (nSPS) is 17.7. The first-order valence-corrected chi connectivity index (χ1v) is 7.89. The number of methoxy groups -OCH3 is 1. The Morgan fingerprint density at radius 3 is 2.48 bits per heavy atom. The van der Waals surface area contributed by atoms with Crippen molar-refractivity contribution < 1.29 is 4.74 Å². The van der Waals surface area contributed by atoms with Crippen LogP contribution in [-0.2, 0) is 17.6 Å². The average Bonchev–Trinajstić information content (AvgIpc) is 2.54. The Balaban J connectivity index is 2.03. The lowest BCUT2D eigenvalue weighted by Crippen LogP contribution is -2.44. The van der Waals surface area contributed by atoms with Crippen LogP contribution in [0.15, 0.2) is 0 Å². The van der Waals surface area contributed by atoms with Crippen LogP contribution in [0.25, 0.3) is 0 Å². The summed E-state index contributed by atoms with van der Waals surface area (Å²) in [5, 5.41) is 15.3. The molecular weight excluding hydrogens is 266 g/mol. The summed E-state index contributed by atoms with van der Waals surface area (Å²) in [4.78, 5) is 4.60. The van der Waals surface area contributed by atoms with Gasteiger partial charge >= 0.3 is 0 Å². The summed E-state index contributed by atoms with van der Waals surface area (Å²) < 4.78 is 5.43. The molecule has 0 amide bonds. The fourth-order valence-electron chi connectivity index (χ4n) is 2.91. The molecule has 1 aromatic rings. The molecule has 2 heterocycles. The minimum atomic E-state index is 0.166. The van der Waals surface area contributed by atoms with Gasteiger partial charge in [0.25, 0.3) is 0 Å². The van der Waals surface area contributed by atoms with Crippen LogP contribution < -0.4 is 10.6 Å². The predicted molar refractivity (Wildman–Crippen MR) is 83.5 cm³/mol. The third-order valence-corrected chi connectivity index (χ3v) is 4.25. The van der Waals surface area contributed by atoms with Gasteiger partial charge in [-0.2, -0.15) is 5.10 Å². The summed E-state index contributed by atoms with van der Waals surface area (Å²) in [5.41, 5.74) is 2.21. The Bertz CT molecular complexity index is 440. The van der Waals surface area contributed by atoms with Crippen molar-refractivity contribution >= 4 is 5.95 Å². The Labute approximate surface area is 127 Å². The van der Waals surface area contributed by atoms with E-state index in [1.807, 2.05) is 0 Å². The first kappa shape index (κ1) is 16.1. The largest absolute Gasteiger partial charge is 0.384 e. The van der Waals surface area contributed by atoms with Gasteiger partial charge in [0.05, 0.1) is 18.0 Å². The molecule has 0 unspecified atom stereocenters. The summed E-state index contributed by atoms with van der Waals surface area (Å²) in [6.07, 6.45) is 3.98. The lowest BCUT2D eigenvalue weighted by molar-refractivity contribution is 0.0634. The highest BCUT2D eigenvalue weighted by Crippen LogP contribution is 2.29. The summed E-state index contributed by atoms with van der Waals surface area (Å²) >= 11 is 0. The molecule has 2 rings (SSSR count). The van der Waals surface area contributed by atoms with Crippen LogP contribution in [0.4, 0.5) is 5.95 Å². The van der Waals surface area contributed by atoms with Gasteiger partial charge in [0.1, 0.15) is 0 Å². The maximum Gasteiger partial charge on any atom is 0.242 e. The van der Waals surface area contributed by atoms with E-state index in [4.69, 9.17) is 4.74 Å². The van der Waals surface area contributed by atoms with Crippen molar-refractivity contribution in [2.45, 2.75) is 39.5 Å². The molecule has 0 aliphatic carbocycles. The van der Waals surface area contributed by atoms with E-state index in [9.17, 15) is 0 Å². The molecule has 6 nitrogen and oxygen atoms in total. The highest BCUT2D eigenvalue weighted by atomic mass is 16.5. The number of nitrogens with zero attached hydrogens (tertiary/aromatic N) is 3. The van der Waals surface area contributed by atoms with E-state index in [0.717, 1.165) is 63.3 Å². The van der Waals surface area contributed by atoms with Gasteiger partial charge in [-0.1, -0.05) is 13.8 Å². The fourth-order valence-corrected chi connectivity index (χ4v) is 2.91. The molecule has 1 aliphatic rings. The van der Waals surface area contributed by atoms with E-state index in [1.54, 1.807) is 7.11 Å². The standard InChI is InChI=1S/C15H27N5O/c1-4-12-13(5-2)19-20-14(18-12)17-10-15(11-21-3)6-8-16-9-7-15/h16H,4-11H2,1-3H3,(H,17,18,20). The number of rotatable bonds is 7. The highest BCUT2D eigenvalue weighted by molar-refractivity contribution is 5.26. The van der Waals surface area contributed by atoms with Gasteiger partial charge in [-0.15, -0.1) is 5.10 Å². The van der Waals surface area contributed by atoms with Gasteiger partial charge in [-0.3, -0.25) is 0 Å². The SMILES string of the molecule is CCc1nnc(NCC2(COC)CCNCC2)nc1CC. The van der Waals surface area contributed by atoms with Crippen LogP contribution >= 0.6 is 0 Å². The Morgan fingerprint density at radius 1 is 1.14 bits per heavy atom. The average molecular weight is 293 g/mol. The number of nitrogens with one attached hydrogen (secondary N) is 2. The quantitative estimate of drug-likeness (QED) is 0.792. The Kier molecular flexibility index (Phi) is 5.87. The minimum Gasteiger partial charge on any atom is -0.384 e. The lowest BCUT2D eigenvalue weighted by atomic mass is 9.79. The molecule has 1 fully saturated rings. The van der Waals surface area contributed by atoms with Gasteiger partial charge in [-0.25, -0.2) is 4.98 Å². The third kappa shape index (κ3) is 4.11. The van der Waals surface area contributed by atoms with E-state index in [-0.39, 0.29) is 5.41 Å². The summed E-state index contributed by atoms with van der Waals surface area (Å²) in [6, 6.07) is 0. The number of anilines is 1. The van der Waals surface area contributed by atoms with Crippen LogP contribution in [0.5, 0.6) is 0 Å². The van der Waals surface area contributed by atoms with Crippen LogP contribution in [0.1, 0.15) is 38.1 Å². The lowest BCUT2D eigenvalue weighted by Gasteiger charge is -2.37. The third-order valence-electron chi connectivity index (χ3n) is 4.25. The number of hydrogen-bond acceptors (Lipinski definition) is 6. The molecule has 0 aromatic carbocycles. The minimum absolute atomic E-state index is 0.166. The van der Waals surface area contributed by atoms with E-state index in [1.165, 1.54) is 0 Å². The molecular formula is C15H27N5O. The number of aryl methyl sites for hydroxylation is 2. The fraction of sp³-hybridized carbons (Fsp3) is 0.800. The van der Waals surface area contributed by atoms with Crippen LogP contribution in [0.3, 0.4) is 0 Å². The maximum absolute atomic E-state index is 5.43. The summed E-state index contributed by atoms with van der Waals surface area (Å²) in [6.45, 7) is 7.87. The van der Waals surface area contributed by atoms with Crippen molar-refractivity contribution in [3.63, 3.8) is 0 Å². The summed E-state index contributed by atoms with van der Waals surface area (Å²) in [7, 11) is 1.77. The van der Waals surface area contributed by atoms with Crippen molar-refractivity contribution in [3.05, 3.63) is 11.4 Å². The molecule has 0 radical (unpaired) electrons. The molecule has 1 aromatic heterocycles. The van der Waals surface area contributed by atoms with Gasteiger partial charge in [0.2, 0.25) is 5.95 Å². The molecule has 2 N–H and O–H groups in total. The monoisotopic (exact) mass is 293 g/mol. The molecule has 6 heteroatoms. The molecule has 21 heavy (non-hydrogen) atoms. The second-order valence-electron chi connectivity index (χ2n) is 5.77. The molecule has 0 spiro atoms. The smallest absolute Gasteiger partial charge is 0.242 e. The van der Waals surface area contributed by atoms with Gasteiger partial charge in [0, 0.05) is 19.1 Å². The van der Waals surface area contributed by atoms with Gasteiger partial charge < -0.3 is 15.4 Å². The first-order chi connectivity index (χ1) is 10.2. The molecule has 0 bridgehead atoms.